The van der Waals surface area contributed by atoms with Gasteiger partial charge in [0.2, 0.25) is 23.6 Å². The van der Waals surface area contributed by atoms with E-state index in [0.717, 1.165) is 21.6 Å². The van der Waals surface area contributed by atoms with Gasteiger partial charge >= 0.3 is 0 Å². The summed E-state index contributed by atoms with van der Waals surface area (Å²) in [6.07, 6.45) is 0.444. The van der Waals surface area contributed by atoms with Crippen molar-refractivity contribution in [3.63, 3.8) is 0 Å². The first-order valence-corrected chi connectivity index (χ1v) is 21.7. The van der Waals surface area contributed by atoms with Crippen molar-refractivity contribution in [2.75, 3.05) is 12.5 Å². The van der Waals surface area contributed by atoms with E-state index in [1.807, 2.05) is 102 Å². The van der Waals surface area contributed by atoms with Crippen LogP contribution in [0.5, 0.6) is 5.75 Å². The van der Waals surface area contributed by atoms with Gasteiger partial charge in [0, 0.05) is 24.1 Å². The predicted molar refractivity (Wildman–Crippen MR) is 226 cm³/mol. The molecule has 2 aliphatic rings. The number of hydrogen-bond donors (Lipinski definition) is 6. The largest absolute Gasteiger partial charge is 0.484 e. The van der Waals surface area contributed by atoms with Crippen molar-refractivity contribution < 1.29 is 41.7 Å². The number of aryl methyl sites for hydroxylation is 1. The van der Waals surface area contributed by atoms with Crippen molar-refractivity contribution in [3.8, 4) is 16.9 Å². The number of ether oxygens (including phenoxy) is 1. The fourth-order valence-electron chi connectivity index (χ4n) is 6.63. The molecule has 312 valence electrons. The van der Waals surface area contributed by atoms with Gasteiger partial charge in [0.15, 0.2) is 6.61 Å². The van der Waals surface area contributed by atoms with Gasteiger partial charge in [0.1, 0.15) is 35.8 Å². The summed E-state index contributed by atoms with van der Waals surface area (Å²) >= 11 is 1.41. The van der Waals surface area contributed by atoms with E-state index in [0.29, 0.717) is 23.3 Å². The summed E-state index contributed by atoms with van der Waals surface area (Å²) in [6.45, 7) is -0.439. The lowest BCUT2D eigenvalue weighted by molar-refractivity contribution is -0.134. The number of nitrogens with one attached hydrogen (secondary N) is 5. The highest BCUT2D eigenvalue weighted by molar-refractivity contribution is 7.85. The molecule has 5 amide bonds. The van der Waals surface area contributed by atoms with Gasteiger partial charge < -0.3 is 31.3 Å². The predicted octanol–water partition coefficient (Wildman–Crippen LogP) is 3.37. The average molecular weight is 852 g/mol. The fourth-order valence-corrected chi connectivity index (χ4v) is 7.70. The minimum atomic E-state index is -4.61. The molecule has 0 unspecified atom stereocenters. The van der Waals surface area contributed by atoms with Gasteiger partial charge in [-0.05, 0) is 64.2 Å². The summed E-state index contributed by atoms with van der Waals surface area (Å²) in [5.74, 6) is -4.37. The van der Waals surface area contributed by atoms with Gasteiger partial charge in [-0.2, -0.15) is 8.42 Å². The summed E-state index contributed by atoms with van der Waals surface area (Å²) < 4.78 is 38.1. The van der Waals surface area contributed by atoms with Crippen LogP contribution in [-0.2, 0) is 59.8 Å². The topological polar surface area (TPSA) is 209 Å². The van der Waals surface area contributed by atoms with E-state index in [1.165, 1.54) is 11.3 Å². The maximum Gasteiger partial charge on any atom is 0.283 e. The first-order valence-electron chi connectivity index (χ1n) is 19.2. The van der Waals surface area contributed by atoms with Crippen LogP contribution in [0.25, 0.3) is 11.1 Å². The van der Waals surface area contributed by atoms with Gasteiger partial charge in [-0.3, -0.25) is 28.5 Å². The lowest BCUT2D eigenvalue weighted by atomic mass is 9.99. The number of hydrogen-bond acceptors (Lipinski definition) is 9. The monoisotopic (exact) mass is 851 g/mol. The highest BCUT2D eigenvalue weighted by atomic mass is 32.2. The van der Waals surface area contributed by atoms with Crippen LogP contribution in [0.4, 0.5) is 0 Å². The van der Waals surface area contributed by atoms with Crippen LogP contribution >= 0.6 is 11.3 Å². The molecule has 3 heterocycles. The Kier molecular flexibility index (Phi) is 14.8. The molecule has 0 spiro atoms. The molecule has 0 radical (unpaired) electrons. The van der Waals surface area contributed by atoms with Crippen LogP contribution in [0, 0.1) is 0 Å². The highest BCUT2D eigenvalue weighted by Crippen LogP contribution is 2.21. The van der Waals surface area contributed by atoms with E-state index in [2.05, 4.69) is 26.6 Å². The summed E-state index contributed by atoms with van der Waals surface area (Å²) in [5.41, 5.74) is 4.04. The maximum absolute atomic E-state index is 14.5. The zero-order chi connectivity index (χ0) is 42.5. The average Bonchev–Trinajstić information content (AvgIpc) is 3.77. The number of carbonyl (C=O) groups is 5. The van der Waals surface area contributed by atoms with E-state index in [4.69, 9.17) is 4.74 Å². The quantitative estimate of drug-likeness (QED) is 0.0850. The van der Waals surface area contributed by atoms with E-state index in [9.17, 15) is 36.9 Å². The second-order valence-electron chi connectivity index (χ2n) is 14.3. The third-order valence-electron chi connectivity index (χ3n) is 9.76. The van der Waals surface area contributed by atoms with E-state index in [-0.39, 0.29) is 25.7 Å². The number of thiophene rings is 1. The molecule has 60 heavy (non-hydrogen) atoms. The van der Waals surface area contributed by atoms with Crippen LogP contribution in [0.1, 0.15) is 28.0 Å². The summed E-state index contributed by atoms with van der Waals surface area (Å²) in [5, 5.41) is 15.1. The third kappa shape index (κ3) is 13.1. The normalized spacial score (nSPS) is 19.3. The Bertz CT molecular complexity index is 2340. The lowest BCUT2D eigenvalue weighted by Crippen LogP contribution is -2.59. The summed E-state index contributed by atoms with van der Waals surface area (Å²) in [7, 11) is -4.61. The van der Waals surface area contributed by atoms with Crippen LogP contribution < -0.4 is 31.3 Å². The zero-order valence-corrected chi connectivity index (χ0v) is 34.0. The molecule has 4 atom stereocenters. The Balaban J connectivity index is 1.34. The molecule has 0 fully saturated rings. The second kappa shape index (κ2) is 20.6. The minimum absolute atomic E-state index is 0.0110. The first kappa shape index (κ1) is 43.2. The van der Waals surface area contributed by atoms with Gasteiger partial charge in [-0.25, -0.2) is 0 Å². The van der Waals surface area contributed by atoms with Crippen molar-refractivity contribution in [1.82, 2.24) is 26.6 Å². The molecule has 1 aromatic heterocycles. The van der Waals surface area contributed by atoms with Gasteiger partial charge in [0.05, 0.1) is 0 Å². The van der Waals surface area contributed by atoms with Gasteiger partial charge in [-0.15, -0.1) is 11.3 Å². The molecule has 0 saturated carbocycles. The Labute approximate surface area is 351 Å². The van der Waals surface area contributed by atoms with Crippen molar-refractivity contribution >= 4 is 51.0 Å². The Morgan fingerprint density at radius 3 is 1.95 bits per heavy atom. The Morgan fingerprint density at radius 2 is 1.30 bits per heavy atom. The molecule has 14 nitrogen and oxygen atoms in total. The van der Waals surface area contributed by atoms with Crippen molar-refractivity contribution in [1.29, 1.82) is 0 Å². The molecular formula is C44H45N5O9S2. The van der Waals surface area contributed by atoms with E-state index >= 15 is 0 Å². The molecule has 16 heteroatoms. The lowest BCUT2D eigenvalue weighted by Gasteiger charge is -2.27. The highest BCUT2D eigenvalue weighted by Gasteiger charge is 2.32. The van der Waals surface area contributed by atoms with Crippen LogP contribution in [0.3, 0.4) is 0 Å². The van der Waals surface area contributed by atoms with Gasteiger partial charge in [0.25, 0.3) is 16.0 Å². The molecule has 0 aliphatic carbocycles. The number of amides is 5. The van der Waals surface area contributed by atoms with Gasteiger partial charge in [-0.1, -0.05) is 103 Å². The molecule has 0 saturated heterocycles. The van der Waals surface area contributed by atoms with Crippen LogP contribution in [0.2, 0.25) is 0 Å². The molecule has 7 rings (SSSR count). The van der Waals surface area contributed by atoms with Crippen molar-refractivity contribution in [2.45, 2.75) is 56.3 Å². The molecule has 5 aromatic rings. The minimum Gasteiger partial charge on any atom is -0.484 e. The van der Waals surface area contributed by atoms with Crippen molar-refractivity contribution in [2.24, 2.45) is 0 Å². The zero-order valence-electron chi connectivity index (χ0n) is 32.4. The molecule has 2 bridgehead atoms. The number of benzene rings is 4. The molecule has 6 N–H and O–H groups in total. The SMILES string of the molecule is O=C1COc2ccc(cc2)C[C@H](C(=O)NCS(=O)(=O)O)NC(=O)[C@@H](CCc2ccccc2)NC(=O)[C@H](Cc2ccc(-c3ccccc3)cc2)NC(=O)[C@@H](Cc2cccs2)N1. The Hall–Kier alpha value is -6.36. The first-order chi connectivity index (χ1) is 28.9. The summed E-state index contributed by atoms with van der Waals surface area (Å²) in [6, 6.07) is 31.5. The maximum atomic E-state index is 14.5. The Morgan fingerprint density at radius 1 is 0.683 bits per heavy atom. The third-order valence-corrected chi connectivity index (χ3v) is 11.2. The van der Waals surface area contributed by atoms with E-state index in [1.54, 1.807) is 24.3 Å². The second-order valence-corrected chi connectivity index (χ2v) is 16.8. The summed E-state index contributed by atoms with van der Waals surface area (Å²) in [4.78, 5) is 70.4. The number of rotatable bonds is 11. The van der Waals surface area contributed by atoms with Crippen LogP contribution in [0.15, 0.2) is 127 Å². The van der Waals surface area contributed by atoms with Crippen LogP contribution in [-0.4, -0.2) is 79.2 Å². The standard InChI is InChI=1S/C44H45N5O9S2/c50-40-27-58-34-20-15-31(16-21-34)24-37(41(51)45-28-60(55,56)57)48-42(52)36(22-17-29-8-3-1-4-9-29)47-43(53)38(49-44(54)39(46-40)26-35-12-7-23-59-35)25-30-13-18-33(19-14-30)32-10-5-2-6-11-32/h1-16,18-21,23,36-39H,17,22,24-28H2,(H,45,51)(H,46,50)(H,47,53)(H,48,52)(H,49,54)(H,55,56,57)/t36-,37-,38+,39-/m1/s1. The molecule has 2 aliphatic heterocycles. The number of carbonyl (C=O) groups excluding carboxylic acids is 5. The molecular weight excluding hydrogens is 807 g/mol. The number of fused-ring (bicyclic) bond motifs is 16. The molecule has 4 aromatic carbocycles. The van der Waals surface area contributed by atoms with E-state index < -0.39 is 76.3 Å². The smallest absolute Gasteiger partial charge is 0.283 e. The van der Waals surface area contributed by atoms with Crippen molar-refractivity contribution in [3.05, 3.63) is 148 Å². The fraction of sp³-hybridized carbons (Fsp3) is 0.250.